The van der Waals surface area contributed by atoms with Gasteiger partial charge in [0, 0.05) is 0 Å². The Bertz CT molecular complexity index is 613. The molecule has 0 atom stereocenters. The molecule has 0 bridgehead atoms. The summed E-state index contributed by atoms with van der Waals surface area (Å²) in [5.41, 5.74) is 2.45. The van der Waals surface area contributed by atoms with Gasteiger partial charge in [-0.1, -0.05) is 29.8 Å². The Hall–Kier alpha value is -1.33. The predicted molar refractivity (Wildman–Crippen MR) is 84.3 cm³/mol. The first-order valence-corrected chi connectivity index (χ1v) is 7.46. The van der Waals surface area contributed by atoms with Crippen molar-refractivity contribution in [3.8, 4) is 5.75 Å². The Balaban J connectivity index is 2.17. The van der Waals surface area contributed by atoms with Gasteiger partial charge in [-0.2, -0.15) is 0 Å². The first kappa shape index (κ1) is 15.1. The van der Waals surface area contributed by atoms with Crippen molar-refractivity contribution in [3.05, 3.63) is 62.0 Å². The van der Waals surface area contributed by atoms with Gasteiger partial charge < -0.3 is 9.84 Å². The fraction of sp³-hybridized carbons (Fsp3) is 0.133. The molecular weight excluding hydrogens is 388 g/mol. The van der Waals surface area contributed by atoms with Crippen molar-refractivity contribution in [2.45, 2.75) is 13.5 Å². The smallest absolute Gasteiger partial charge is 0.335 e. The summed E-state index contributed by atoms with van der Waals surface area (Å²) in [7, 11) is 0. The largest absolute Gasteiger partial charge is 0.487 e. The highest BCUT2D eigenvalue weighted by atomic mass is 79.9. The third-order valence-corrected chi connectivity index (χ3v) is 3.93. The number of rotatable bonds is 4. The second-order valence-corrected chi connectivity index (χ2v) is 6.06. The van der Waals surface area contributed by atoms with Crippen LogP contribution in [0.2, 0.25) is 0 Å². The molecule has 0 unspecified atom stereocenters. The van der Waals surface area contributed by atoms with E-state index in [1.54, 1.807) is 0 Å². The van der Waals surface area contributed by atoms with Gasteiger partial charge in [-0.15, -0.1) is 0 Å². The predicted octanol–water partition coefficient (Wildman–Crippen LogP) is 4.80. The summed E-state index contributed by atoms with van der Waals surface area (Å²) >= 11 is 6.67. The molecule has 0 aliphatic rings. The highest BCUT2D eigenvalue weighted by Crippen LogP contribution is 2.35. The fourth-order valence-electron chi connectivity index (χ4n) is 1.66. The van der Waals surface area contributed by atoms with Crippen LogP contribution in [0.3, 0.4) is 0 Å². The first-order chi connectivity index (χ1) is 9.47. The second-order valence-electron chi connectivity index (χ2n) is 4.35. The summed E-state index contributed by atoms with van der Waals surface area (Å²) in [5.74, 6) is -0.382. The lowest BCUT2D eigenvalue weighted by Gasteiger charge is -2.11. The quantitative estimate of drug-likeness (QED) is 0.803. The van der Waals surface area contributed by atoms with Crippen molar-refractivity contribution >= 4 is 37.8 Å². The van der Waals surface area contributed by atoms with Gasteiger partial charge in [0.1, 0.15) is 12.4 Å². The molecule has 1 N–H and O–H groups in total. The van der Waals surface area contributed by atoms with Crippen LogP contribution in [0.1, 0.15) is 21.5 Å². The summed E-state index contributed by atoms with van der Waals surface area (Å²) in [6.45, 7) is 2.45. The maximum Gasteiger partial charge on any atom is 0.335 e. The molecule has 0 aliphatic carbocycles. The Kier molecular flexibility index (Phi) is 4.83. The normalized spacial score (nSPS) is 10.3. The number of aryl methyl sites for hydroxylation is 1. The van der Waals surface area contributed by atoms with Gasteiger partial charge in [0.15, 0.2) is 0 Å². The molecule has 0 fully saturated rings. The third kappa shape index (κ3) is 3.61. The second kappa shape index (κ2) is 6.41. The molecule has 2 aromatic carbocycles. The minimum Gasteiger partial charge on any atom is -0.487 e. The van der Waals surface area contributed by atoms with Gasteiger partial charge in [0.05, 0.1) is 14.5 Å². The highest BCUT2D eigenvalue weighted by Gasteiger charge is 2.12. The van der Waals surface area contributed by atoms with Crippen LogP contribution in [0.15, 0.2) is 45.3 Å². The summed E-state index contributed by atoms with van der Waals surface area (Å²) in [6, 6.07) is 11.1. The van der Waals surface area contributed by atoms with E-state index in [9.17, 15) is 4.79 Å². The lowest BCUT2D eigenvalue weighted by molar-refractivity contribution is 0.0696. The number of hydrogen-bond acceptors (Lipinski definition) is 2. The summed E-state index contributed by atoms with van der Waals surface area (Å²) in [4.78, 5) is 10.9. The van der Waals surface area contributed by atoms with E-state index >= 15 is 0 Å². The SMILES string of the molecule is Cc1ccc(COc2c(Br)cc(C(=O)O)cc2Br)cc1. The van der Waals surface area contributed by atoms with Crippen LogP contribution in [0.4, 0.5) is 0 Å². The van der Waals surface area contributed by atoms with Crippen molar-refractivity contribution in [1.29, 1.82) is 0 Å². The average Bonchev–Trinajstić information content (AvgIpc) is 2.39. The maximum atomic E-state index is 10.9. The number of ether oxygens (including phenoxy) is 1. The molecule has 0 heterocycles. The van der Waals surface area contributed by atoms with E-state index in [1.807, 2.05) is 31.2 Å². The number of benzene rings is 2. The molecule has 5 heteroatoms. The number of aromatic carboxylic acids is 1. The molecule has 0 radical (unpaired) electrons. The van der Waals surface area contributed by atoms with Crippen LogP contribution in [-0.2, 0) is 6.61 Å². The molecule has 0 amide bonds. The maximum absolute atomic E-state index is 10.9. The van der Waals surface area contributed by atoms with Crippen molar-refractivity contribution < 1.29 is 14.6 Å². The lowest BCUT2D eigenvalue weighted by atomic mass is 10.2. The van der Waals surface area contributed by atoms with E-state index in [0.29, 0.717) is 21.3 Å². The van der Waals surface area contributed by atoms with Crippen LogP contribution in [0.5, 0.6) is 5.75 Å². The molecule has 0 saturated carbocycles. The van der Waals surface area contributed by atoms with Crippen molar-refractivity contribution in [2.24, 2.45) is 0 Å². The topological polar surface area (TPSA) is 46.5 Å². The van der Waals surface area contributed by atoms with E-state index in [2.05, 4.69) is 31.9 Å². The molecule has 20 heavy (non-hydrogen) atoms. The van der Waals surface area contributed by atoms with Crippen LogP contribution < -0.4 is 4.74 Å². The Morgan fingerprint density at radius 3 is 2.20 bits per heavy atom. The molecule has 2 rings (SSSR count). The zero-order valence-corrected chi connectivity index (χ0v) is 13.9. The van der Waals surface area contributed by atoms with E-state index in [4.69, 9.17) is 9.84 Å². The van der Waals surface area contributed by atoms with Gasteiger partial charge in [-0.25, -0.2) is 4.79 Å². The summed E-state index contributed by atoms with van der Waals surface area (Å²) < 4.78 is 6.96. The molecular formula is C15H12Br2O3. The van der Waals surface area contributed by atoms with Gasteiger partial charge in [0.2, 0.25) is 0 Å². The minimum absolute atomic E-state index is 0.200. The van der Waals surface area contributed by atoms with Crippen molar-refractivity contribution in [2.75, 3.05) is 0 Å². The zero-order valence-electron chi connectivity index (χ0n) is 10.7. The van der Waals surface area contributed by atoms with Crippen molar-refractivity contribution in [3.63, 3.8) is 0 Å². The van der Waals surface area contributed by atoms with Crippen LogP contribution in [0.25, 0.3) is 0 Å². The molecule has 104 valence electrons. The zero-order chi connectivity index (χ0) is 14.7. The number of hydrogen-bond donors (Lipinski definition) is 1. The van der Waals surface area contributed by atoms with Crippen LogP contribution in [-0.4, -0.2) is 11.1 Å². The molecule has 3 nitrogen and oxygen atoms in total. The molecule has 2 aromatic rings. The molecule has 0 spiro atoms. The van der Waals surface area contributed by atoms with Gasteiger partial charge >= 0.3 is 5.97 Å². The number of halogens is 2. The van der Waals surface area contributed by atoms with E-state index in [0.717, 1.165) is 5.56 Å². The summed E-state index contributed by atoms with van der Waals surface area (Å²) in [5, 5.41) is 8.98. The van der Waals surface area contributed by atoms with E-state index in [-0.39, 0.29) is 5.56 Å². The van der Waals surface area contributed by atoms with E-state index in [1.165, 1.54) is 17.7 Å². The van der Waals surface area contributed by atoms with E-state index < -0.39 is 5.97 Å². The standard InChI is InChI=1S/C15H12Br2O3/c1-9-2-4-10(5-3-9)8-20-14-12(16)6-11(15(18)19)7-13(14)17/h2-7H,8H2,1H3,(H,18,19). The highest BCUT2D eigenvalue weighted by molar-refractivity contribution is 9.11. The number of carboxylic acids is 1. The first-order valence-electron chi connectivity index (χ1n) is 5.88. The monoisotopic (exact) mass is 398 g/mol. The summed E-state index contributed by atoms with van der Waals surface area (Å²) in [6.07, 6.45) is 0. The van der Waals surface area contributed by atoms with Crippen LogP contribution in [0, 0.1) is 6.92 Å². The van der Waals surface area contributed by atoms with Gasteiger partial charge in [-0.05, 0) is 56.5 Å². The van der Waals surface area contributed by atoms with Gasteiger partial charge in [0.25, 0.3) is 0 Å². The third-order valence-electron chi connectivity index (χ3n) is 2.75. The Morgan fingerprint density at radius 1 is 1.15 bits per heavy atom. The van der Waals surface area contributed by atoms with Gasteiger partial charge in [-0.3, -0.25) is 0 Å². The van der Waals surface area contributed by atoms with Crippen LogP contribution >= 0.6 is 31.9 Å². The molecule has 0 aliphatic heterocycles. The Morgan fingerprint density at radius 2 is 1.70 bits per heavy atom. The van der Waals surface area contributed by atoms with Crippen molar-refractivity contribution in [1.82, 2.24) is 0 Å². The lowest BCUT2D eigenvalue weighted by Crippen LogP contribution is -2.00. The Labute approximate surface area is 133 Å². The fourth-order valence-corrected chi connectivity index (χ4v) is 3.08. The number of carboxylic acid groups (broad SMARTS) is 1. The minimum atomic E-state index is -0.975. The molecule has 0 saturated heterocycles. The average molecular weight is 400 g/mol. The number of carbonyl (C=O) groups is 1. The molecule has 0 aromatic heterocycles.